The highest BCUT2D eigenvalue weighted by molar-refractivity contribution is 7.92. The molecule has 2 rings (SSSR count). The average molecular weight is 286 g/mol. The summed E-state index contributed by atoms with van der Waals surface area (Å²) in [6.07, 6.45) is 0. The summed E-state index contributed by atoms with van der Waals surface area (Å²) in [5.74, 6) is -0.998. The molecule has 1 aromatic carbocycles. The highest BCUT2D eigenvalue weighted by atomic mass is 32.2. The number of halogens is 1. The topological polar surface area (TPSA) is 97.0 Å². The van der Waals surface area contributed by atoms with Crippen molar-refractivity contribution in [2.75, 3.05) is 11.8 Å². The first kappa shape index (κ1) is 13.3. The lowest BCUT2D eigenvalue weighted by Gasteiger charge is -2.06. The zero-order chi connectivity index (χ0) is 14.0. The average Bonchev–Trinajstić information content (AvgIpc) is 2.79. The van der Waals surface area contributed by atoms with Crippen molar-refractivity contribution >= 4 is 16.0 Å². The van der Waals surface area contributed by atoms with Crippen LogP contribution in [0.3, 0.4) is 0 Å². The molecule has 1 aromatic heterocycles. The van der Waals surface area contributed by atoms with Gasteiger partial charge < -0.3 is 4.74 Å². The highest BCUT2D eigenvalue weighted by Crippen LogP contribution is 2.19. The number of H-pyrrole nitrogens is 1. The fraction of sp³-hybridized carbons (Fsp3) is 0.200. The molecule has 0 unspecified atom stereocenters. The molecule has 9 heteroatoms. The zero-order valence-corrected chi connectivity index (χ0v) is 11.0. The quantitative estimate of drug-likeness (QED) is 0.876. The van der Waals surface area contributed by atoms with Gasteiger partial charge in [0.05, 0.1) is 7.11 Å². The van der Waals surface area contributed by atoms with Crippen LogP contribution in [0.4, 0.5) is 10.3 Å². The molecule has 0 atom stereocenters. The van der Waals surface area contributed by atoms with Crippen molar-refractivity contribution in [2.45, 2.75) is 11.8 Å². The van der Waals surface area contributed by atoms with E-state index >= 15 is 0 Å². The summed E-state index contributed by atoms with van der Waals surface area (Å²) in [7, 11) is -2.74. The second-order valence-electron chi connectivity index (χ2n) is 3.71. The molecule has 0 bridgehead atoms. The van der Waals surface area contributed by atoms with Gasteiger partial charge in [0.25, 0.3) is 10.0 Å². The standard InChI is InChI=1S/C10H11FN4O3S/c1-6-3-4-7(11)8(5-6)19(16,17)15-9-12-10(18-2)14-13-9/h3-5H,1-2H3,(H2,12,13,14,15). The minimum absolute atomic E-state index is 0.0255. The van der Waals surface area contributed by atoms with Crippen molar-refractivity contribution < 1.29 is 17.5 Å². The third-order valence-corrected chi connectivity index (χ3v) is 3.61. The van der Waals surface area contributed by atoms with Crippen LogP contribution in [0.5, 0.6) is 6.01 Å². The van der Waals surface area contributed by atoms with Crippen LogP contribution in [-0.2, 0) is 10.0 Å². The second-order valence-corrected chi connectivity index (χ2v) is 5.36. The molecule has 2 aromatic rings. The van der Waals surface area contributed by atoms with E-state index in [1.165, 1.54) is 19.2 Å². The van der Waals surface area contributed by atoms with E-state index in [9.17, 15) is 12.8 Å². The Morgan fingerprint density at radius 3 is 2.79 bits per heavy atom. The van der Waals surface area contributed by atoms with Gasteiger partial charge in [-0.2, -0.15) is 4.98 Å². The maximum absolute atomic E-state index is 13.5. The van der Waals surface area contributed by atoms with Gasteiger partial charge in [-0.05, 0) is 24.6 Å². The molecule has 19 heavy (non-hydrogen) atoms. The summed E-state index contributed by atoms with van der Waals surface area (Å²) >= 11 is 0. The highest BCUT2D eigenvalue weighted by Gasteiger charge is 2.21. The number of anilines is 1. The molecule has 102 valence electrons. The zero-order valence-electron chi connectivity index (χ0n) is 10.1. The van der Waals surface area contributed by atoms with Crippen molar-refractivity contribution in [3.63, 3.8) is 0 Å². The van der Waals surface area contributed by atoms with E-state index in [2.05, 4.69) is 19.9 Å². The number of aryl methyl sites for hydroxylation is 1. The van der Waals surface area contributed by atoms with Crippen LogP contribution in [0.25, 0.3) is 0 Å². The summed E-state index contributed by atoms with van der Waals surface area (Å²) in [4.78, 5) is 3.23. The summed E-state index contributed by atoms with van der Waals surface area (Å²) in [6, 6.07) is 3.77. The number of benzene rings is 1. The number of hydrogen-bond donors (Lipinski definition) is 2. The number of sulfonamides is 1. The van der Waals surface area contributed by atoms with E-state index in [0.29, 0.717) is 5.56 Å². The lowest BCUT2D eigenvalue weighted by Crippen LogP contribution is -2.15. The molecule has 0 saturated heterocycles. The fourth-order valence-electron chi connectivity index (χ4n) is 1.38. The molecule has 7 nitrogen and oxygen atoms in total. The van der Waals surface area contributed by atoms with E-state index in [4.69, 9.17) is 4.74 Å². The summed E-state index contributed by atoms with van der Waals surface area (Å²) in [5, 5.41) is 5.89. The Balaban J connectivity index is 2.34. The predicted octanol–water partition coefficient (Wildman–Crippen LogP) is 1.06. The SMILES string of the molecule is COc1n[nH]c(NS(=O)(=O)c2cc(C)ccc2F)n1. The first-order valence-electron chi connectivity index (χ1n) is 5.18. The van der Waals surface area contributed by atoms with Gasteiger partial charge in [-0.15, -0.1) is 5.10 Å². The van der Waals surface area contributed by atoms with Crippen LogP contribution in [0.15, 0.2) is 23.1 Å². The minimum Gasteiger partial charge on any atom is -0.466 e. The predicted molar refractivity (Wildman–Crippen MR) is 64.9 cm³/mol. The molecule has 0 amide bonds. The van der Waals surface area contributed by atoms with Crippen molar-refractivity contribution in [3.05, 3.63) is 29.6 Å². The van der Waals surface area contributed by atoms with Gasteiger partial charge in [0.2, 0.25) is 5.95 Å². The number of ether oxygens (including phenoxy) is 1. The Bertz CT molecular complexity index is 699. The normalized spacial score (nSPS) is 11.3. The van der Waals surface area contributed by atoms with Gasteiger partial charge in [-0.25, -0.2) is 22.6 Å². The summed E-state index contributed by atoms with van der Waals surface area (Å²) in [6.45, 7) is 1.66. The first-order chi connectivity index (χ1) is 8.92. The van der Waals surface area contributed by atoms with Crippen LogP contribution in [0.1, 0.15) is 5.56 Å². The van der Waals surface area contributed by atoms with Crippen molar-refractivity contribution in [1.82, 2.24) is 15.2 Å². The van der Waals surface area contributed by atoms with E-state index in [-0.39, 0.29) is 12.0 Å². The minimum atomic E-state index is -4.08. The van der Waals surface area contributed by atoms with Gasteiger partial charge in [0.1, 0.15) is 10.7 Å². The number of hydrogen-bond acceptors (Lipinski definition) is 5. The van der Waals surface area contributed by atoms with E-state index < -0.39 is 20.7 Å². The van der Waals surface area contributed by atoms with Crippen LogP contribution in [0, 0.1) is 12.7 Å². The van der Waals surface area contributed by atoms with Crippen LogP contribution in [0.2, 0.25) is 0 Å². The monoisotopic (exact) mass is 286 g/mol. The molecule has 0 aliphatic rings. The van der Waals surface area contributed by atoms with Crippen molar-refractivity contribution in [3.8, 4) is 6.01 Å². The Labute approximate surface area is 108 Å². The fourth-order valence-corrected chi connectivity index (χ4v) is 2.50. The molecule has 0 radical (unpaired) electrons. The maximum atomic E-state index is 13.5. The Kier molecular flexibility index (Phi) is 3.38. The van der Waals surface area contributed by atoms with Gasteiger partial charge in [-0.3, -0.25) is 0 Å². The molecule has 0 aliphatic carbocycles. The molecule has 2 N–H and O–H groups in total. The van der Waals surface area contributed by atoms with Crippen LogP contribution >= 0.6 is 0 Å². The molecular weight excluding hydrogens is 275 g/mol. The molecule has 0 saturated carbocycles. The lowest BCUT2D eigenvalue weighted by molar-refractivity contribution is 0.382. The lowest BCUT2D eigenvalue weighted by atomic mass is 10.2. The van der Waals surface area contributed by atoms with Crippen molar-refractivity contribution in [1.29, 1.82) is 0 Å². The van der Waals surface area contributed by atoms with Gasteiger partial charge in [0.15, 0.2) is 0 Å². The van der Waals surface area contributed by atoms with Gasteiger partial charge in [-0.1, -0.05) is 6.07 Å². The van der Waals surface area contributed by atoms with E-state index in [1.807, 2.05) is 0 Å². The Hall–Kier alpha value is -2.16. The second kappa shape index (κ2) is 4.84. The summed E-state index contributed by atoms with van der Waals surface area (Å²) < 4.78 is 44.3. The number of rotatable bonds is 4. The smallest absolute Gasteiger partial charge is 0.336 e. The Morgan fingerprint density at radius 2 is 2.16 bits per heavy atom. The third kappa shape index (κ3) is 2.81. The number of aromatic amines is 1. The van der Waals surface area contributed by atoms with Crippen LogP contribution < -0.4 is 9.46 Å². The first-order valence-corrected chi connectivity index (χ1v) is 6.66. The van der Waals surface area contributed by atoms with Crippen LogP contribution in [-0.4, -0.2) is 30.7 Å². The number of nitrogens with one attached hydrogen (secondary N) is 2. The largest absolute Gasteiger partial charge is 0.466 e. The van der Waals surface area contributed by atoms with E-state index in [0.717, 1.165) is 6.07 Å². The Morgan fingerprint density at radius 1 is 1.42 bits per heavy atom. The van der Waals surface area contributed by atoms with Crippen molar-refractivity contribution in [2.24, 2.45) is 0 Å². The molecule has 1 heterocycles. The third-order valence-electron chi connectivity index (χ3n) is 2.25. The maximum Gasteiger partial charge on any atom is 0.336 e. The summed E-state index contributed by atoms with van der Waals surface area (Å²) in [5.41, 5.74) is 0.622. The number of aromatic nitrogens is 3. The molecular formula is C10H11FN4O3S. The van der Waals surface area contributed by atoms with Gasteiger partial charge >= 0.3 is 6.01 Å². The van der Waals surface area contributed by atoms with E-state index in [1.54, 1.807) is 6.92 Å². The number of nitrogens with zero attached hydrogens (tertiary/aromatic N) is 2. The number of methoxy groups -OCH3 is 1. The molecule has 0 spiro atoms. The molecule has 0 aliphatic heterocycles. The van der Waals surface area contributed by atoms with Gasteiger partial charge in [0, 0.05) is 0 Å². The molecule has 0 fully saturated rings.